The van der Waals surface area contributed by atoms with E-state index in [1.807, 2.05) is 44.2 Å². The summed E-state index contributed by atoms with van der Waals surface area (Å²) in [6.07, 6.45) is 0.480. The molecule has 0 fully saturated rings. The summed E-state index contributed by atoms with van der Waals surface area (Å²) >= 11 is 1.71. The van der Waals surface area contributed by atoms with Crippen molar-refractivity contribution in [3.8, 4) is 0 Å². The minimum atomic E-state index is 0.203. The largest absolute Gasteiger partial charge is 0.294 e. The van der Waals surface area contributed by atoms with Gasteiger partial charge < -0.3 is 0 Å². The summed E-state index contributed by atoms with van der Waals surface area (Å²) in [5.74, 6) is 0.203. The summed E-state index contributed by atoms with van der Waals surface area (Å²) in [4.78, 5) is 12.5. The van der Waals surface area contributed by atoms with Crippen LogP contribution in [-0.2, 0) is 6.42 Å². The Kier molecular flexibility index (Phi) is 3.41. The molecule has 0 saturated heterocycles. The Labute approximate surface area is 122 Å². The third-order valence-electron chi connectivity index (χ3n) is 3.61. The molecule has 100 valence electrons. The molecular formula is C18H16OS. The van der Waals surface area contributed by atoms with Crippen LogP contribution in [0.1, 0.15) is 27.0 Å². The number of ketones is 1. The third kappa shape index (κ3) is 2.39. The number of hydrogen-bond acceptors (Lipinski definition) is 2. The van der Waals surface area contributed by atoms with Crippen LogP contribution in [0.2, 0.25) is 0 Å². The lowest BCUT2D eigenvalue weighted by atomic mass is 9.97. The highest BCUT2D eigenvalue weighted by Gasteiger charge is 2.13. The standard InChI is InChI=1S/C18H16OS/c1-12-7-8-13(2)16(9-12)17(19)10-14-11-20-18-6-4-3-5-15(14)18/h3-9,11H,10H2,1-2H3. The first kappa shape index (κ1) is 13.1. The molecule has 0 aliphatic rings. The van der Waals surface area contributed by atoms with Crippen LogP contribution in [-0.4, -0.2) is 5.78 Å². The van der Waals surface area contributed by atoms with Crippen molar-refractivity contribution in [1.29, 1.82) is 0 Å². The summed E-state index contributed by atoms with van der Waals surface area (Å²) in [6.45, 7) is 4.02. The molecule has 0 N–H and O–H groups in total. The molecule has 2 heteroatoms. The van der Waals surface area contributed by atoms with Gasteiger partial charge in [-0.15, -0.1) is 11.3 Å². The summed E-state index contributed by atoms with van der Waals surface area (Å²) in [5.41, 5.74) is 4.17. The Morgan fingerprint density at radius 2 is 1.90 bits per heavy atom. The molecule has 1 aromatic heterocycles. The lowest BCUT2D eigenvalue weighted by molar-refractivity contribution is 0.0992. The summed E-state index contributed by atoms with van der Waals surface area (Å²) in [7, 11) is 0. The monoisotopic (exact) mass is 280 g/mol. The third-order valence-corrected chi connectivity index (χ3v) is 4.62. The van der Waals surface area contributed by atoms with E-state index in [9.17, 15) is 4.79 Å². The second-order valence-corrected chi connectivity index (χ2v) is 6.09. The highest BCUT2D eigenvalue weighted by molar-refractivity contribution is 7.17. The fourth-order valence-electron chi connectivity index (χ4n) is 2.47. The lowest BCUT2D eigenvalue weighted by Gasteiger charge is -2.06. The Bertz CT molecular complexity index is 783. The van der Waals surface area contributed by atoms with Crippen LogP contribution in [0.3, 0.4) is 0 Å². The number of aryl methyl sites for hydroxylation is 2. The van der Waals surface area contributed by atoms with E-state index >= 15 is 0 Å². The molecule has 0 radical (unpaired) electrons. The summed E-state index contributed by atoms with van der Waals surface area (Å²) in [5, 5.41) is 3.31. The number of fused-ring (bicyclic) bond motifs is 1. The van der Waals surface area contributed by atoms with Gasteiger partial charge in [-0.05, 0) is 47.9 Å². The number of Topliss-reactive ketones (excluding diaryl/α,β-unsaturated/α-hetero) is 1. The first-order chi connectivity index (χ1) is 9.65. The lowest BCUT2D eigenvalue weighted by Crippen LogP contribution is -2.05. The number of carbonyl (C=O) groups excluding carboxylic acids is 1. The van der Waals surface area contributed by atoms with Gasteiger partial charge in [-0.1, -0.05) is 35.9 Å². The Morgan fingerprint density at radius 1 is 1.10 bits per heavy atom. The van der Waals surface area contributed by atoms with Gasteiger partial charge in [0.05, 0.1) is 0 Å². The van der Waals surface area contributed by atoms with E-state index in [2.05, 4.69) is 17.5 Å². The van der Waals surface area contributed by atoms with E-state index < -0.39 is 0 Å². The van der Waals surface area contributed by atoms with Crippen LogP contribution < -0.4 is 0 Å². The van der Waals surface area contributed by atoms with Gasteiger partial charge in [0.1, 0.15) is 0 Å². The van der Waals surface area contributed by atoms with Gasteiger partial charge in [-0.3, -0.25) is 4.79 Å². The fraction of sp³-hybridized carbons (Fsp3) is 0.167. The molecule has 0 amide bonds. The summed E-state index contributed by atoms with van der Waals surface area (Å²) < 4.78 is 1.25. The molecule has 1 nitrogen and oxygen atoms in total. The number of thiophene rings is 1. The second-order valence-electron chi connectivity index (χ2n) is 5.18. The Balaban J connectivity index is 1.94. The van der Waals surface area contributed by atoms with E-state index in [1.54, 1.807) is 11.3 Å². The van der Waals surface area contributed by atoms with Crippen LogP contribution in [0.15, 0.2) is 47.8 Å². The average molecular weight is 280 g/mol. The van der Waals surface area contributed by atoms with Crippen molar-refractivity contribution in [3.63, 3.8) is 0 Å². The van der Waals surface area contributed by atoms with Gasteiger partial charge in [0.2, 0.25) is 0 Å². The van der Waals surface area contributed by atoms with E-state index in [4.69, 9.17) is 0 Å². The molecule has 0 atom stereocenters. The normalized spacial score (nSPS) is 10.9. The van der Waals surface area contributed by atoms with E-state index in [0.29, 0.717) is 6.42 Å². The molecular weight excluding hydrogens is 264 g/mol. The van der Waals surface area contributed by atoms with E-state index in [0.717, 1.165) is 22.3 Å². The number of benzene rings is 2. The van der Waals surface area contributed by atoms with Gasteiger partial charge in [-0.2, -0.15) is 0 Å². The molecule has 0 aliphatic heterocycles. The van der Waals surface area contributed by atoms with Gasteiger partial charge >= 0.3 is 0 Å². The molecule has 3 rings (SSSR count). The molecule has 0 bridgehead atoms. The van der Waals surface area contributed by atoms with Gasteiger partial charge in [0.15, 0.2) is 5.78 Å². The first-order valence-corrected chi connectivity index (χ1v) is 7.58. The van der Waals surface area contributed by atoms with Crippen molar-refractivity contribution < 1.29 is 4.79 Å². The quantitative estimate of drug-likeness (QED) is 0.621. The SMILES string of the molecule is Cc1ccc(C)c(C(=O)Cc2csc3ccccc23)c1. The zero-order valence-corrected chi connectivity index (χ0v) is 12.5. The van der Waals surface area contributed by atoms with Crippen LogP contribution in [0.5, 0.6) is 0 Å². The van der Waals surface area contributed by atoms with Crippen molar-refractivity contribution in [2.24, 2.45) is 0 Å². The smallest absolute Gasteiger partial charge is 0.167 e. The van der Waals surface area contributed by atoms with Crippen LogP contribution in [0.4, 0.5) is 0 Å². The van der Waals surface area contributed by atoms with E-state index in [-0.39, 0.29) is 5.78 Å². The maximum absolute atomic E-state index is 12.5. The maximum atomic E-state index is 12.5. The fourth-order valence-corrected chi connectivity index (χ4v) is 3.44. The maximum Gasteiger partial charge on any atom is 0.167 e. The molecule has 0 spiro atoms. The predicted octanol–water partition coefficient (Wildman–Crippen LogP) is 4.94. The highest BCUT2D eigenvalue weighted by Crippen LogP contribution is 2.27. The molecule has 1 heterocycles. The average Bonchev–Trinajstić information content (AvgIpc) is 2.85. The van der Waals surface area contributed by atoms with Crippen molar-refractivity contribution in [3.05, 3.63) is 70.1 Å². The number of rotatable bonds is 3. The molecule has 3 aromatic rings. The van der Waals surface area contributed by atoms with Crippen LogP contribution >= 0.6 is 11.3 Å². The second kappa shape index (κ2) is 5.22. The zero-order chi connectivity index (χ0) is 14.1. The van der Waals surface area contributed by atoms with Gasteiger partial charge in [0, 0.05) is 16.7 Å². The zero-order valence-electron chi connectivity index (χ0n) is 11.6. The van der Waals surface area contributed by atoms with Crippen molar-refractivity contribution in [2.45, 2.75) is 20.3 Å². The predicted molar refractivity (Wildman–Crippen MR) is 85.8 cm³/mol. The molecule has 0 unspecified atom stereocenters. The Morgan fingerprint density at radius 3 is 2.75 bits per heavy atom. The topological polar surface area (TPSA) is 17.1 Å². The molecule has 20 heavy (non-hydrogen) atoms. The van der Waals surface area contributed by atoms with E-state index in [1.165, 1.54) is 10.1 Å². The number of hydrogen-bond donors (Lipinski definition) is 0. The van der Waals surface area contributed by atoms with Crippen molar-refractivity contribution in [1.82, 2.24) is 0 Å². The first-order valence-electron chi connectivity index (χ1n) is 6.71. The van der Waals surface area contributed by atoms with Crippen molar-refractivity contribution >= 4 is 27.2 Å². The Hall–Kier alpha value is -1.93. The minimum absolute atomic E-state index is 0.203. The van der Waals surface area contributed by atoms with Crippen LogP contribution in [0.25, 0.3) is 10.1 Å². The van der Waals surface area contributed by atoms with Gasteiger partial charge in [-0.25, -0.2) is 0 Å². The van der Waals surface area contributed by atoms with Crippen LogP contribution in [0, 0.1) is 13.8 Å². The molecule has 0 saturated carbocycles. The molecule has 2 aromatic carbocycles. The minimum Gasteiger partial charge on any atom is -0.294 e. The number of carbonyl (C=O) groups is 1. The molecule has 0 aliphatic carbocycles. The van der Waals surface area contributed by atoms with Gasteiger partial charge in [0.25, 0.3) is 0 Å². The van der Waals surface area contributed by atoms with Crippen molar-refractivity contribution in [2.75, 3.05) is 0 Å². The summed E-state index contributed by atoms with van der Waals surface area (Å²) in [6, 6.07) is 14.3. The highest BCUT2D eigenvalue weighted by atomic mass is 32.1.